The third-order valence-electron chi connectivity index (χ3n) is 5.41. The van der Waals surface area contributed by atoms with E-state index in [9.17, 15) is 9.59 Å². The Morgan fingerprint density at radius 2 is 1.62 bits per heavy atom. The molecule has 0 bridgehead atoms. The zero-order chi connectivity index (χ0) is 28.4. The Hall–Kier alpha value is -4.47. The predicted octanol–water partition coefficient (Wildman–Crippen LogP) is 6.39. The van der Waals surface area contributed by atoms with E-state index in [0.29, 0.717) is 12.5 Å². The van der Waals surface area contributed by atoms with Crippen molar-refractivity contribution in [2.75, 3.05) is 12.4 Å². The average Bonchev–Trinajstić information content (AvgIpc) is 3.33. The lowest BCUT2D eigenvalue weighted by Gasteiger charge is -2.24. The molecule has 0 fully saturated rings. The summed E-state index contributed by atoms with van der Waals surface area (Å²) in [5.41, 5.74) is 3.00. The molecule has 0 aliphatic rings. The Bertz CT molecular complexity index is 1480. The number of anilines is 2. The first-order valence-electron chi connectivity index (χ1n) is 12.6. The fraction of sp³-hybridized carbons (Fsp3) is 0.345. The van der Waals surface area contributed by atoms with E-state index in [1.54, 1.807) is 25.6 Å². The second-order valence-electron chi connectivity index (χ2n) is 11.3. The van der Waals surface area contributed by atoms with Crippen LogP contribution in [-0.2, 0) is 16.0 Å². The fourth-order valence-electron chi connectivity index (χ4n) is 3.64. The first kappa shape index (κ1) is 27.6. The molecule has 1 N–H and O–H groups in total. The van der Waals surface area contributed by atoms with E-state index in [1.165, 1.54) is 9.58 Å². The van der Waals surface area contributed by atoms with Gasteiger partial charge in [0.1, 0.15) is 11.2 Å². The Labute approximate surface area is 228 Å². The molecule has 4 rings (SSSR count). The number of hydrogen-bond acceptors (Lipinski definition) is 8. The Morgan fingerprint density at radius 3 is 2.28 bits per heavy atom. The highest BCUT2D eigenvalue weighted by atomic mass is 16.6. The summed E-state index contributed by atoms with van der Waals surface area (Å²) in [6.45, 7) is 11.4. The smallest absolute Gasteiger partial charge is 0.435 e. The SMILES string of the molecule is CN(Cc1ccc(Nc2ncc3ccc(-c4cnn(C(=O)OC(C)(C)C)c4)cc3n2)cc1)C(=O)OC(C)(C)C. The van der Waals surface area contributed by atoms with Crippen LogP contribution in [0.5, 0.6) is 0 Å². The maximum Gasteiger partial charge on any atom is 0.435 e. The molecule has 39 heavy (non-hydrogen) atoms. The zero-order valence-electron chi connectivity index (χ0n) is 23.3. The van der Waals surface area contributed by atoms with Gasteiger partial charge in [0.05, 0.1) is 11.7 Å². The second kappa shape index (κ2) is 10.7. The molecule has 0 unspecified atom stereocenters. The van der Waals surface area contributed by atoms with Crippen molar-refractivity contribution in [3.63, 3.8) is 0 Å². The molecule has 204 valence electrons. The monoisotopic (exact) mass is 530 g/mol. The molecule has 0 radical (unpaired) electrons. The van der Waals surface area contributed by atoms with Gasteiger partial charge in [-0.2, -0.15) is 9.78 Å². The highest BCUT2D eigenvalue weighted by Gasteiger charge is 2.20. The van der Waals surface area contributed by atoms with Crippen molar-refractivity contribution in [1.29, 1.82) is 0 Å². The Kier molecular flexibility index (Phi) is 7.58. The van der Waals surface area contributed by atoms with Crippen LogP contribution in [0.4, 0.5) is 21.2 Å². The highest BCUT2D eigenvalue weighted by molar-refractivity contribution is 5.85. The summed E-state index contributed by atoms with van der Waals surface area (Å²) in [7, 11) is 1.71. The number of ether oxygens (including phenoxy) is 2. The topological polar surface area (TPSA) is 111 Å². The number of carbonyl (C=O) groups excluding carboxylic acids is 2. The largest absolute Gasteiger partial charge is 0.444 e. The van der Waals surface area contributed by atoms with Gasteiger partial charge in [0.15, 0.2) is 0 Å². The molecule has 2 heterocycles. The fourth-order valence-corrected chi connectivity index (χ4v) is 3.64. The van der Waals surface area contributed by atoms with Crippen molar-refractivity contribution in [2.24, 2.45) is 0 Å². The minimum absolute atomic E-state index is 0.370. The summed E-state index contributed by atoms with van der Waals surface area (Å²) in [6.07, 6.45) is 4.10. The summed E-state index contributed by atoms with van der Waals surface area (Å²) < 4.78 is 12.0. The zero-order valence-corrected chi connectivity index (χ0v) is 23.3. The van der Waals surface area contributed by atoms with Crippen molar-refractivity contribution in [2.45, 2.75) is 59.3 Å². The molecule has 0 saturated heterocycles. The molecule has 10 nitrogen and oxygen atoms in total. The van der Waals surface area contributed by atoms with E-state index in [1.807, 2.05) is 84.0 Å². The van der Waals surface area contributed by atoms with Crippen LogP contribution < -0.4 is 5.32 Å². The lowest BCUT2D eigenvalue weighted by Crippen LogP contribution is -2.33. The van der Waals surface area contributed by atoms with Crippen LogP contribution in [0.2, 0.25) is 0 Å². The first-order valence-corrected chi connectivity index (χ1v) is 12.6. The number of fused-ring (bicyclic) bond motifs is 1. The van der Waals surface area contributed by atoms with Gasteiger partial charge in [0, 0.05) is 42.6 Å². The van der Waals surface area contributed by atoms with Crippen LogP contribution in [0, 0.1) is 0 Å². The number of nitrogens with zero attached hydrogens (tertiary/aromatic N) is 5. The average molecular weight is 531 g/mol. The molecular formula is C29H34N6O4. The number of nitrogens with one attached hydrogen (secondary N) is 1. The molecule has 1 amide bonds. The van der Waals surface area contributed by atoms with Crippen molar-refractivity contribution < 1.29 is 19.1 Å². The molecule has 0 saturated carbocycles. The number of hydrogen-bond donors (Lipinski definition) is 1. The maximum atomic E-state index is 12.3. The van der Waals surface area contributed by atoms with Crippen LogP contribution >= 0.6 is 0 Å². The lowest BCUT2D eigenvalue weighted by atomic mass is 10.1. The van der Waals surface area contributed by atoms with Gasteiger partial charge in [0.25, 0.3) is 0 Å². The van der Waals surface area contributed by atoms with E-state index in [2.05, 4.69) is 20.4 Å². The molecule has 2 aromatic heterocycles. The normalized spacial score (nSPS) is 11.8. The molecular weight excluding hydrogens is 496 g/mol. The van der Waals surface area contributed by atoms with Crippen molar-refractivity contribution >= 4 is 34.7 Å². The van der Waals surface area contributed by atoms with Gasteiger partial charge in [-0.05, 0) is 70.9 Å². The molecule has 0 spiro atoms. The summed E-state index contributed by atoms with van der Waals surface area (Å²) in [5, 5.41) is 8.25. The van der Waals surface area contributed by atoms with Gasteiger partial charge in [-0.15, -0.1) is 0 Å². The summed E-state index contributed by atoms with van der Waals surface area (Å²) in [4.78, 5) is 35.2. The predicted molar refractivity (Wildman–Crippen MR) is 150 cm³/mol. The van der Waals surface area contributed by atoms with E-state index in [4.69, 9.17) is 9.47 Å². The molecule has 0 aliphatic carbocycles. The van der Waals surface area contributed by atoms with Crippen molar-refractivity contribution in [1.82, 2.24) is 24.6 Å². The molecule has 4 aromatic rings. The Balaban J connectivity index is 1.45. The molecule has 0 aliphatic heterocycles. The number of rotatable bonds is 5. The maximum absolute atomic E-state index is 12.3. The van der Waals surface area contributed by atoms with Gasteiger partial charge in [-0.25, -0.2) is 19.6 Å². The van der Waals surface area contributed by atoms with Crippen LogP contribution in [-0.4, -0.2) is 55.1 Å². The quantitative estimate of drug-likeness (QED) is 0.316. The van der Waals surface area contributed by atoms with Crippen molar-refractivity contribution in [3.8, 4) is 11.1 Å². The molecule has 2 aromatic carbocycles. The lowest BCUT2D eigenvalue weighted by molar-refractivity contribution is 0.0284. The van der Waals surface area contributed by atoms with Crippen molar-refractivity contribution in [3.05, 3.63) is 66.6 Å². The van der Waals surface area contributed by atoms with E-state index >= 15 is 0 Å². The minimum atomic E-state index is -0.608. The van der Waals surface area contributed by atoms with E-state index < -0.39 is 17.3 Å². The summed E-state index contributed by atoms with van der Waals surface area (Å²) >= 11 is 0. The van der Waals surface area contributed by atoms with Gasteiger partial charge >= 0.3 is 12.2 Å². The highest BCUT2D eigenvalue weighted by Crippen LogP contribution is 2.25. The third-order valence-corrected chi connectivity index (χ3v) is 5.41. The van der Waals surface area contributed by atoms with E-state index in [0.717, 1.165) is 33.3 Å². The number of aromatic nitrogens is 4. The number of carbonyl (C=O) groups is 2. The number of benzene rings is 2. The summed E-state index contributed by atoms with van der Waals surface area (Å²) in [5.74, 6) is 0.447. The van der Waals surface area contributed by atoms with Gasteiger partial charge in [0.2, 0.25) is 5.95 Å². The molecule has 10 heteroatoms. The first-order chi connectivity index (χ1) is 18.3. The second-order valence-corrected chi connectivity index (χ2v) is 11.3. The Morgan fingerprint density at radius 1 is 0.923 bits per heavy atom. The van der Waals surface area contributed by atoms with Gasteiger partial charge < -0.3 is 19.7 Å². The van der Waals surface area contributed by atoms with Crippen LogP contribution in [0.3, 0.4) is 0 Å². The van der Waals surface area contributed by atoms with Gasteiger partial charge in [-0.1, -0.05) is 24.3 Å². The van der Waals surface area contributed by atoms with Gasteiger partial charge in [-0.3, -0.25) is 0 Å². The standard InChI is InChI=1S/C29H34N6O4/c1-28(2,3)38-26(36)34(7)17-19-8-12-23(13-9-19)32-25-30-15-21-11-10-20(14-24(21)33-25)22-16-31-35(18-22)27(37)39-29(4,5)6/h8-16,18H,17H2,1-7H3,(H,30,32,33). The minimum Gasteiger partial charge on any atom is -0.444 e. The van der Waals surface area contributed by atoms with Crippen LogP contribution in [0.1, 0.15) is 47.1 Å². The molecule has 0 atom stereocenters. The van der Waals surface area contributed by atoms with Crippen LogP contribution in [0.15, 0.2) is 61.1 Å². The third kappa shape index (κ3) is 7.53. The summed E-state index contributed by atoms with van der Waals surface area (Å²) in [6, 6.07) is 13.5. The van der Waals surface area contributed by atoms with E-state index in [-0.39, 0.29) is 6.09 Å². The van der Waals surface area contributed by atoms with Crippen LogP contribution in [0.25, 0.3) is 22.0 Å². The number of amides is 1.